The summed E-state index contributed by atoms with van der Waals surface area (Å²) in [5.41, 5.74) is 0.189. The highest BCUT2D eigenvalue weighted by molar-refractivity contribution is 7.92. The van der Waals surface area contributed by atoms with Gasteiger partial charge in [0.2, 0.25) is 0 Å². The highest BCUT2D eigenvalue weighted by Gasteiger charge is 2.17. The first-order chi connectivity index (χ1) is 9.29. The summed E-state index contributed by atoms with van der Waals surface area (Å²) < 4.78 is 41.1. The number of rotatable bonds is 4. The van der Waals surface area contributed by atoms with Crippen molar-refractivity contribution in [2.45, 2.75) is 24.8 Å². The lowest BCUT2D eigenvalue weighted by Gasteiger charge is -2.07. The standard InChI is InChI=1S/C12H13ClFN3O2S/c1-8(2)17-7-10(6-15-17)20(18,19)16-9-3-4-12(14)11(13)5-9/h3-8,16H,1-2H3. The molecule has 0 radical (unpaired) electrons. The van der Waals surface area contributed by atoms with Crippen LogP contribution in [-0.2, 0) is 10.0 Å². The Bertz CT molecular complexity index is 728. The molecule has 1 N–H and O–H groups in total. The minimum absolute atomic E-state index is 0.0339. The predicted molar refractivity (Wildman–Crippen MR) is 74.8 cm³/mol. The third kappa shape index (κ3) is 3.10. The quantitative estimate of drug-likeness (QED) is 0.942. The normalized spacial score (nSPS) is 11.8. The maximum absolute atomic E-state index is 13.0. The Labute approximate surface area is 121 Å². The van der Waals surface area contributed by atoms with E-state index in [1.54, 1.807) is 0 Å². The van der Waals surface area contributed by atoms with E-state index in [2.05, 4.69) is 9.82 Å². The number of halogens is 2. The Morgan fingerprint density at radius 3 is 2.65 bits per heavy atom. The van der Waals surface area contributed by atoms with E-state index in [1.807, 2.05) is 13.8 Å². The zero-order valence-electron chi connectivity index (χ0n) is 10.8. The molecule has 0 fully saturated rings. The Morgan fingerprint density at radius 1 is 1.40 bits per heavy atom. The molecule has 2 rings (SSSR count). The van der Waals surface area contributed by atoms with Crippen molar-refractivity contribution in [3.8, 4) is 0 Å². The maximum atomic E-state index is 13.0. The number of hydrogen-bond donors (Lipinski definition) is 1. The van der Waals surface area contributed by atoms with Gasteiger partial charge in [-0.1, -0.05) is 11.6 Å². The second kappa shape index (κ2) is 5.41. The molecule has 0 atom stereocenters. The molecule has 20 heavy (non-hydrogen) atoms. The van der Waals surface area contributed by atoms with Gasteiger partial charge in [-0.3, -0.25) is 9.40 Å². The van der Waals surface area contributed by atoms with Crippen molar-refractivity contribution in [2.24, 2.45) is 0 Å². The van der Waals surface area contributed by atoms with Gasteiger partial charge in [0.05, 0.1) is 16.9 Å². The zero-order chi connectivity index (χ0) is 14.9. The molecule has 0 bridgehead atoms. The van der Waals surface area contributed by atoms with Gasteiger partial charge in [0, 0.05) is 12.2 Å². The van der Waals surface area contributed by atoms with Crippen LogP contribution in [0.3, 0.4) is 0 Å². The van der Waals surface area contributed by atoms with E-state index in [4.69, 9.17) is 11.6 Å². The third-order valence-electron chi connectivity index (χ3n) is 2.59. The second-order valence-corrected chi connectivity index (χ2v) is 6.57. The van der Waals surface area contributed by atoms with Gasteiger partial charge < -0.3 is 0 Å². The van der Waals surface area contributed by atoms with Crippen LogP contribution in [0.2, 0.25) is 5.02 Å². The summed E-state index contributed by atoms with van der Waals surface area (Å²) in [5.74, 6) is -0.609. The number of sulfonamides is 1. The summed E-state index contributed by atoms with van der Waals surface area (Å²) in [4.78, 5) is 0.0339. The molecule has 0 unspecified atom stereocenters. The summed E-state index contributed by atoms with van der Waals surface area (Å²) in [6, 6.07) is 3.66. The number of hydrogen-bond acceptors (Lipinski definition) is 3. The molecular formula is C12H13ClFN3O2S. The minimum atomic E-state index is -3.77. The molecule has 1 aromatic heterocycles. The van der Waals surface area contributed by atoms with Crippen molar-refractivity contribution in [1.82, 2.24) is 9.78 Å². The summed E-state index contributed by atoms with van der Waals surface area (Å²) >= 11 is 5.61. The van der Waals surface area contributed by atoms with E-state index < -0.39 is 15.8 Å². The van der Waals surface area contributed by atoms with Gasteiger partial charge >= 0.3 is 0 Å². The van der Waals surface area contributed by atoms with Gasteiger partial charge in [0.25, 0.3) is 10.0 Å². The molecule has 0 amide bonds. The van der Waals surface area contributed by atoms with Crippen molar-refractivity contribution < 1.29 is 12.8 Å². The summed E-state index contributed by atoms with van der Waals surface area (Å²) in [6.07, 6.45) is 2.69. The number of aromatic nitrogens is 2. The Morgan fingerprint density at radius 2 is 2.10 bits per heavy atom. The Hall–Kier alpha value is -1.60. The van der Waals surface area contributed by atoms with Crippen LogP contribution in [0.25, 0.3) is 0 Å². The van der Waals surface area contributed by atoms with E-state index in [0.29, 0.717) is 0 Å². The number of nitrogens with zero attached hydrogens (tertiary/aromatic N) is 2. The first-order valence-corrected chi connectivity index (χ1v) is 7.68. The van der Waals surface area contributed by atoms with Crippen molar-refractivity contribution >= 4 is 27.3 Å². The summed E-state index contributed by atoms with van der Waals surface area (Å²) in [6.45, 7) is 3.77. The largest absolute Gasteiger partial charge is 0.279 e. The van der Waals surface area contributed by atoms with Crippen LogP contribution < -0.4 is 4.72 Å². The predicted octanol–water partition coefficient (Wildman–Crippen LogP) is 3.06. The zero-order valence-corrected chi connectivity index (χ0v) is 12.4. The second-order valence-electron chi connectivity index (χ2n) is 4.48. The minimum Gasteiger partial charge on any atom is -0.279 e. The topological polar surface area (TPSA) is 64.0 Å². The smallest absolute Gasteiger partial charge is 0.265 e. The van der Waals surface area contributed by atoms with Crippen molar-refractivity contribution in [1.29, 1.82) is 0 Å². The summed E-state index contributed by atoms with van der Waals surface area (Å²) in [7, 11) is -3.77. The Balaban J connectivity index is 2.28. The highest BCUT2D eigenvalue weighted by atomic mass is 35.5. The van der Waals surface area contributed by atoms with Crippen molar-refractivity contribution in [2.75, 3.05) is 4.72 Å². The SMILES string of the molecule is CC(C)n1cc(S(=O)(=O)Nc2ccc(F)c(Cl)c2)cn1. The number of benzene rings is 1. The fourth-order valence-corrected chi connectivity index (χ4v) is 2.68. The summed E-state index contributed by atoms with van der Waals surface area (Å²) in [5, 5.41) is 3.82. The average Bonchev–Trinajstić information content (AvgIpc) is 2.84. The molecule has 0 aliphatic rings. The number of nitrogens with one attached hydrogen (secondary N) is 1. The van der Waals surface area contributed by atoms with E-state index in [9.17, 15) is 12.8 Å². The molecule has 5 nitrogen and oxygen atoms in total. The van der Waals surface area contributed by atoms with Gasteiger partial charge in [0.15, 0.2) is 0 Å². The van der Waals surface area contributed by atoms with Gasteiger partial charge in [0.1, 0.15) is 10.7 Å². The number of anilines is 1. The molecule has 0 spiro atoms. The van der Waals surface area contributed by atoms with E-state index in [0.717, 1.165) is 6.07 Å². The molecule has 0 aliphatic heterocycles. The molecular weight excluding hydrogens is 305 g/mol. The fourth-order valence-electron chi connectivity index (χ4n) is 1.52. The van der Waals surface area contributed by atoms with Crippen LogP contribution >= 0.6 is 11.6 Å². The van der Waals surface area contributed by atoms with Crippen LogP contribution in [0.1, 0.15) is 19.9 Å². The van der Waals surface area contributed by atoms with Gasteiger partial charge in [-0.15, -0.1) is 0 Å². The van der Waals surface area contributed by atoms with Gasteiger partial charge in [-0.25, -0.2) is 12.8 Å². The monoisotopic (exact) mass is 317 g/mol. The highest BCUT2D eigenvalue weighted by Crippen LogP contribution is 2.22. The van der Waals surface area contributed by atoms with E-state index >= 15 is 0 Å². The van der Waals surface area contributed by atoms with E-state index in [-0.39, 0.29) is 21.6 Å². The van der Waals surface area contributed by atoms with Crippen molar-refractivity contribution in [3.63, 3.8) is 0 Å². The van der Waals surface area contributed by atoms with Gasteiger partial charge in [-0.2, -0.15) is 5.10 Å². The molecule has 0 saturated heterocycles. The van der Waals surface area contributed by atoms with Crippen LogP contribution in [-0.4, -0.2) is 18.2 Å². The molecule has 8 heteroatoms. The van der Waals surface area contributed by atoms with E-state index in [1.165, 1.54) is 29.2 Å². The molecule has 2 aromatic rings. The first kappa shape index (κ1) is 14.8. The molecule has 0 aliphatic carbocycles. The molecule has 1 aromatic carbocycles. The lowest BCUT2D eigenvalue weighted by Crippen LogP contribution is -2.12. The van der Waals surface area contributed by atoms with Crippen LogP contribution in [0.15, 0.2) is 35.5 Å². The molecule has 108 valence electrons. The molecule has 1 heterocycles. The van der Waals surface area contributed by atoms with Crippen LogP contribution in [0.5, 0.6) is 0 Å². The Kier molecular flexibility index (Phi) is 4.01. The third-order valence-corrected chi connectivity index (χ3v) is 4.21. The van der Waals surface area contributed by atoms with Gasteiger partial charge in [-0.05, 0) is 32.0 Å². The lowest BCUT2D eigenvalue weighted by atomic mass is 10.3. The maximum Gasteiger partial charge on any atom is 0.265 e. The van der Waals surface area contributed by atoms with Crippen LogP contribution in [0.4, 0.5) is 10.1 Å². The first-order valence-electron chi connectivity index (χ1n) is 5.81. The average molecular weight is 318 g/mol. The molecule has 0 saturated carbocycles. The van der Waals surface area contributed by atoms with Crippen molar-refractivity contribution in [3.05, 3.63) is 41.4 Å². The lowest BCUT2D eigenvalue weighted by molar-refractivity contribution is 0.531. The fraction of sp³-hybridized carbons (Fsp3) is 0.250. The van der Waals surface area contributed by atoms with Crippen LogP contribution in [0, 0.1) is 5.82 Å².